The first kappa shape index (κ1) is 21.1. The lowest BCUT2D eigenvalue weighted by Gasteiger charge is -2.32. The molecule has 28 heavy (non-hydrogen) atoms. The lowest BCUT2D eigenvalue weighted by atomic mass is 9.90. The van der Waals surface area contributed by atoms with E-state index in [1.54, 1.807) is 0 Å². The van der Waals surface area contributed by atoms with Crippen LogP contribution in [0.15, 0.2) is 35.3 Å². The summed E-state index contributed by atoms with van der Waals surface area (Å²) >= 11 is 0. The third-order valence-corrected chi connectivity index (χ3v) is 6.01. The molecule has 2 N–H and O–H groups in total. The van der Waals surface area contributed by atoms with Crippen molar-refractivity contribution in [3.63, 3.8) is 0 Å². The summed E-state index contributed by atoms with van der Waals surface area (Å²) in [5.74, 6) is 1.76. The Bertz CT molecular complexity index is 563. The first-order valence-electron chi connectivity index (χ1n) is 11.2. The number of nitrogens with zero attached hydrogens (tertiary/aromatic N) is 2. The van der Waals surface area contributed by atoms with Gasteiger partial charge in [0.25, 0.3) is 0 Å². The van der Waals surface area contributed by atoms with Crippen molar-refractivity contribution < 1.29 is 4.74 Å². The molecule has 2 fully saturated rings. The van der Waals surface area contributed by atoms with Crippen molar-refractivity contribution in [1.29, 1.82) is 0 Å². The Kier molecular flexibility index (Phi) is 9.11. The summed E-state index contributed by atoms with van der Waals surface area (Å²) in [7, 11) is 1.84. The Morgan fingerprint density at radius 1 is 1.11 bits per heavy atom. The fourth-order valence-corrected chi connectivity index (χ4v) is 4.27. The number of hydrogen-bond acceptors (Lipinski definition) is 3. The van der Waals surface area contributed by atoms with Crippen molar-refractivity contribution in [3.8, 4) is 0 Å². The first-order chi connectivity index (χ1) is 13.8. The van der Waals surface area contributed by atoms with Crippen molar-refractivity contribution in [2.45, 2.75) is 51.0 Å². The van der Waals surface area contributed by atoms with E-state index in [0.717, 1.165) is 38.0 Å². The van der Waals surface area contributed by atoms with E-state index in [-0.39, 0.29) is 0 Å². The molecule has 1 atom stereocenters. The van der Waals surface area contributed by atoms with Crippen LogP contribution in [0.1, 0.15) is 44.1 Å². The molecule has 0 spiro atoms. The van der Waals surface area contributed by atoms with Gasteiger partial charge in [0.15, 0.2) is 5.96 Å². The highest BCUT2D eigenvalue weighted by molar-refractivity contribution is 5.79. The third kappa shape index (κ3) is 7.44. The average molecular weight is 387 g/mol. The summed E-state index contributed by atoms with van der Waals surface area (Å²) in [5.41, 5.74) is 1.49. The highest BCUT2D eigenvalue weighted by Crippen LogP contribution is 2.21. The summed E-state index contributed by atoms with van der Waals surface area (Å²) in [5, 5.41) is 6.81. The largest absolute Gasteiger partial charge is 0.376 e. The lowest BCUT2D eigenvalue weighted by Crippen LogP contribution is -2.41. The van der Waals surface area contributed by atoms with E-state index in [4.69, 9.17) is 4.74 Å². The topological polar surface area (TPSA) is 48.9 Å². The lowest BCUT2D eigenvalue weighted by molar-refractivity contribution is 0.114. The highest BCUT2D eigenvalue weighted by atomic mass is 16.5. The van der Waals surface area contributed by atoms with Gasteiger partial charge in [-0.2, -0.15) is 0 Å². The molecule has 0 bridgehead atoms. The minimum absolute atomic E-state index is 0.350. The van der Waals surface area contributed by atoms with Crippen molar-refractivity contribution >= 4 is 5.96 Å². The molecule has 156 valence electrons. The molecular weight excluding hydrogens is 348 g/mol. The first-order valence-corrected chi connectivity index (χ1v) is 11.2. The second-order valence-electron chi connectivity index (χ2n) is 8.20. The summed E-state index contributed by atoms with van der Waals surface area (Å²) in [6, 6.07) is 11.0. The van der Waals surface area contributed by atoms with Crippen molar-refractivity contribution in [2.24, 2.45) is 10.9 Å². The fraction of sp³-hybridized carbons (Fsp3) is 0.696. The van der Waals surface area contributed by atoms with Gasteiger partial charge < -0.3 is 20.3 Å². The Hall–Kier alpha value is -1.59. The maximum absolute atomic E-state index is 5.65. The zero-order valence-corrected chi connectivity index (χ0v) is 17.5. The average Bonchev–Trinajstić information content (AvgIpc) is 3.26. The van der Waals surface area contributed by atoms with Crippen LogP contribution < -0.4 is 10.6 Å². The number of benzene rings is 1. The van der Waals surface area contributed by atoms with Gasteiger partial charge in [0.1, 0.15) is 0 Å². The second-order valence-corrected chi connectivity index (χ2v) is 8.20. The number of aliphatic imine (C=N–C) groups is 1. The van der Waals surface area contributed by atoms with Gasteiger partial charge in [-0.1, -0.05) is 30.3 Å². The summed E-state index contributed by atoms with van der Waals surface area (Å²) in [6.07, 6.45) is 9.05. The Balaban J connectivity index is 1.21. The van der Waals surface area contributed by atoms with Crippen molar-refractivity contribution in [3.05, 3.63) is 35.9 Å². The molecule has 0 radical (unpaired) electrons. The Labute approximate surface area is 170 Å². The van der Waals surface area contributed by atoms with Crippen LogP contribution in [0.4, 0.5) is 0 Å². The van der Waals surface area contributed by atoms with Crippen molar-refractivity contribution in [1.82, 2.24) is 15.5 Å². The van der Waals surface area contributed by atoms with Gasteiger partial charge in [-0.3, -0.25) is 4.99 Å². The molecule has 0 aromatic heterocycles. The van der Waals surface area contributed by atoms with Gasteiger partial charge in [-0.05, 0) is 76.1 Å². The van der Waals surface area contributed by atoms with E-state index in [2.05, 4.69) is 50.9 Å². The van der Waals surface area contributed by atoms with Crippen LogP contribution in [0, 0.1) is 5.92 Å². The molecule has 0 aliphatic carbocycles. The number of unbranched alkanes of at least 4 members (excludes halogenated alkanes) is 1. The van der Waals surface area contributed by atoms with Crippen molar-refractivity contribution in [2.75, 3.05) is 46.4 Å². The molecule has 0 saturated carbocycles. The van der Waals surface area contributed by atoms with Gasteiger partial charge in [-0.15, -0.1) is 0 Å². The Morgan fingerprint density at radius 2 is 1.93 bits per heavy atom. The van der Waals surface area contributed by atoms with Gasteiger partial charge in [0.2, 0.25) is 0 Å². The van der Waals surface area contributed by atoms with Crippen LogP contribution in [-0.4, -0.2) is 63.3 Å². The highest BCUT2D eigenvalue weighted by Gasteiger charge is 2.19. The molecule has 1 aromatic carbocycles. The van der Waals surface area contributed by atoms with Gasteiger partial charge >= 0.3 is 0 Å². The van der Waals surface area contributed by atoms with Crippen LogP contribution in [0.2, 0.25) is 0 Å². The molecule has 2 heterocycles. The van der Waals surface area contributed by atoms with Gasteiger partial charge in [-0.25, -0.2) is 0 Å². The summed E-state index contributed by atoms with van der Waals surface area (Å²) in [4.78, 5) is 6.95. The van der Waals surface area contributed by atoms with E-state index < -0.39 is 0 Å². The zero-order valence-electron chi connectivity index (χ0n) is 17.5. The Morgan fingerprint density at radius 3 is 2.64 bits per heavy atom. The number of piperidine rings is 1. The maximum atomic E-state index is 5.65. The van der Waals surface area contributed by atoms with Crippen LogP contribution in [-0.2, 0) is 11.2 Å². The van der Waals surface area contributed by atoms with Crippen LogP contribution >= 0.6 is 0 Å². The number of guanidine groups is 1. The van der Waals surface area contributed by atoms with E-state index in [1.165, 1.54) is 63.7 Å². The standard InChI is InChI=1S/C23H38N4O/c1-24-23(26-19-22-10-7-17-28-22)25-13-5-6-14-27-15-11-21(12-16-27)18-20-8-3-2-4-9-20/h2-4,8-9,21-22H,5-7,10-19H2,1H3,(H2,24,25,26). The molecule has 2 saturated heterocycles. The molecule has 1 unspecified atom stereocenters. The number of likely N-dealkylation sites (tertiary alicyclic amines) is 1. The number of nitrogens with one attached hydrogen (secondary N) is 2. The van der Waals surface area contributed by atoms with Crippen LogP contribution in [0.5, 0.6) is 0 Å². The third-order valence-electron chi connectivity index (χ3n) is 6.01. The van der Waals surface area contributed by atoms with Crippen LogP contribution in [0.3, 0.4) is 0 Å². The smallest absolute Gasteiger partial charge is 0.191 e. The molecular formula is C23H38N4O. The number of hydrogen-bond donors (Lipinski definition) is 2. The molecule has 3 rings (SSSR count). The predicted octanol–water partition coefficient (Wildman–Crippen LogP) is 3.07. The monoisotopic (exact) mass is 386 g/mol. The fourth-order valence-electron chi connectivity index (χ4n) is 4.27. The van der Waals surface area contributed by atoms with Gasteiger partial charge in [0, 0.05) is 26.7 Å². The minimum atomic E-state index is 0.350. The van der Waals surface area contributed by atoms with E-state index >= 15 is 0 Å². The molecule has 5 heteroatoms. The van der Waals surface area contributed by atoms with Crippen LogP contribution in [0.25, 0.3) is 0 Å². The molecule has 2 aliphatic heterocycles. The summed E-state index contributed by atoms with van der Waals surface area (Å²) in [6.45, 7) is 6.49. The predicted molar refractivity (Wildman–Crippen MR) is 117 cm³/mol. The zero-order chi connectivity index (χ0) is 19.4. The number of ether oxygens (including phenoxy) is 1. The second kappa shape index (κ2) is 12.1. The van der Waals surface area contributed by atoms with E-state index in [1.807, 2.05) is 7.05 Å². The van der Waals surface area contributed by atoms with Gasteiger partial charge in [0.05, 0.1) is 6.10 Å². The van der Waals surface area contributed by atoms with E-state index in [0.29, 0.717) is 6.10 Å². The van der Waals surface area contributed by atoms with E-state index in [9.17, 15) is 0 Å². The maximum Gasteiger partial charge on any atom is 0.191 e. The quantitative estimate of drug-likeness (QED) is 0.389. The normalized spacial score (nSPS) is 21.8. The molecule has 5 nitrogen and oxygen atoms in total. The summed E-state index contributed by atoms with van der Waals surface area (Å²) < 4.78 is 5.65. The SMILES string of the molecule is CN=C(NCCCCN1CCC(Cc2ccccc2)CC1)NCC1CCCO1. The molecule has 0 amide bonds. The molecule has 2 aliphatic rings. The number of rotatable bonds is 9. The molecule has 1 aromatic rings. The minimum Gasteiger partial charge on any atom is -0.376 e.